The van der Waals surface area contributed by atoms with Gasteiger partial charge in [0.2, 0.25) is 0 Å². The van der Waals surface area contributed by atoms with Gasteiger partial charge in [-0.15, -0.1) is 0 Å². The highest BCUT2D eigenvalue weighted by Crippen LogP contribution is 2.21. The average Bonchev–Trinajstić information content (AvgIpc) is 2.43. The second-order valence-corrected chi connectivity index (χ2v) is 4.90. The van der Waals surface area contributed by atoms with E-state index in [1.165, 1.54) is 16.9 Å². The van der Waals surface area contributed by atoms with Crippen molar-refractivity contribution in [2.24, 2.45) is 5.73 Å². The van der Waals surface area contributed by atoms with E-state index in [1.54, 1.807) is 18.2 Å². The van der Waals surface area contributed by atoms with E-state index >= 15 is 0 Å². The Balaban J connectivity index is 2.21. The molecule has 1 heterocycles. The molecule has 0 fully saturated rings. The second-order valence-electron chi connectivity index (χ2n) is 4.06. The van der Waals surface area contributed by atoms with Gasteiger partial charge in [0.1, 0.15) is 12.4 Å². The van der Waals surface area contributed by atoms with E-state index in [9.17, 15) is 4.79 Å². The summed E-state index contributed by atoms with van der Waals surface area (Å²) in [6.07, 6.45) is 1.47. The molecular formula is C13H13Cl2N3O2. The van der Waals surface area contributed by atoms with Crippen molar-refractivity contribution in [1.29, 1.82) is 0 Å². The first-order valence-corrected chi connectivity index (χ1v) is 6.69. The average molecular weight is 314 g/mol. The van der Waals surface area contributed by atoms with Gasteiger partial charge in [-0.05, 0) is 23.8 Å². The minimum Gasteiger partial charge on any atom is -0.490 e. The predicted molar refractivity (Wildman–Crippen MR) is 78.6 cm³/mol. The van der Waals surface area contributed by atoms with Crippen LogP contribution in [-0.2, 0) is 6.54 Å². The van der Waals surface area contributed by atoms with Crippen molar-refractivity contribution in [2.45, 2.75) is 6.54 Å². The fraction of sp³-hybridized carbons (Fsp3) is 0.231. The van der Waals surface area contributed by atoms with Crippen LogP contribution < -0.4 is 16.0 Å². The van der Waals surface area contributed by atoms with Crippen molar-refractivity contribution in [2.75, 3.05) is 13.2 Å². The normalized spacial score (nSPS) is 10.6. The summed E-state index contributed by atoms with van der Waals surface area (Å²) in [5.74, 6) is 0.397. The molecule has 0 aliphatic carbocycles. The summed E-state index contributed by atoms with van der Waals surface area (Å²) in [6, 6.07) is 6.44. The minimum absolute atomic E-state index is 0.245. The molecule has 2 rings (SSSR count). The Morgan fingerprint density at radius 1 is 1.30 bits per heavy atom. The van der Waals surface area contributed by atoms with Crippen LogP contribution in [0.3, 0.4) is 0 Å². The highest BCUT2D eigenvalue weighted by atomic mass is 35.5. The van der Waals surface area contributed by atoms with Crippen LogP contribution >= 0.6 is 23.2 Å². The molecule has 2 N–H and O–H groups in total. The molecule has 2 aromatic rings. The fourth-order valence-corrected chi connectivity index (χ4v) is 1.99. The van der Waals surface area contributed by atoms with E-state index in [4.69, 9.17) is 33.7 Å². The number of rotatable bonds is 5. The second kappa shape index (κ2) is 6.74. The van der Waals surface area contributed by atoms with Crippen molar-refractivity contribution in [3.05, 3.63) is 56.4 Å². The molecule has 0 aliphatic rings. The lowest BCUT2D eigenvalue weighted by Crippen LogP contribution is -2.23. The molecule has 0 aliphatic heterocycles. The maximum Gasteiger partial charge on any atom is 0.270 e. The minimum atomic E-state index is -0.282. The van der Waals surface area contributed by atoms with Crippen molar-refractivity contribution >= 4 is 23.2 Å². The van der Waals surface area contributed by atoms with Gasteiger partial charge in [0.05, 0.1) is 12.7 Å². The topological polar surface area (TPSA) is 70.1 Å². The lowest BCUT2D eigenvalue weighted by Gasteiger charge is -2.08. The fourth-order valence-electron chi connectivity index (χ4n) is 1.62. The largest absolute Gasteiger partial charge is 0.490 e. The summed E-state index contributed by atoms with van der Waals surface area (Å²) in [6.45, 7) is 0.960. The third kappa shape index (κ3) is 3.72. The molecule has 5 nitrogen and oxygen atoms in total. The first kappa shape index (κ1) is 14.8. The SMILES string of the molecule is NCCOc1cnn(Cc2cc(Cl)ccc2Cl)c(=O)c1. The number of benzene rings is 1. The van der Waals surface area contributed by atoms with Crippen LogP contribution in [0.25, 0.3) is 0 Å². The Labute approximate surface area is 125 Å². The first-order chi connectivity index (χ1) is 9.60. The number of nitrogens with zero attached hydrogens (tertiary/aromatic N) is 2. The van der Waals surface area contributed by atoms with Crippen LogP contribution in [0, 0.1) is 0 Å². The number of nitrogens with two attached hydrogens (primary N) is 1. The van der Waals surface area contributed by atoms with Gasteiger partial charge in [-0.3, -0.25) is 4.79 Å². The molecule has 0 amide bonds. The van der Waals surface area contributed by atoms with Crippen LogP contribution in [0.1, 0.15) is 5.56 Å². The predicted octanol–water partition coefficient (Wildman–Crippen LogP) is 1.94. The van der Waals surface area contributed by atoms with Gasteiger partial charge in [-0.25, -0.2) is 4.68 Å². The van der Waals surface area contributed by atoms with Crippen LogP contribution in [-0.4, -0.2) is 22.9 Å². The Morgan fingerprint density at radius 2 is 2.10 bits per heavy atom. The van der Waals surface area contributed by atoms with Crippen LogP contribution in [0.15, 0.2) is 35.3 Å². The monoisotopic (exact) mass is 313 g/mol. The number of hydrogen-bond acceptors (Lipinski definition) is 4. The van der Waals surface area contributed by atoms with E-state index in [1.807, 2.05) is 0 Å². The van der Waals surface area contributed by atoms with Crippen molar-refractivity contribution < 1.29 is 4.74 Å². The van der Waals surface area contributed by atoms with Crippen LogP contribution in [0.2, 0.25) is 10.0 Å². The standard InChI is InChI=1S/C13H13Cl2N3O2/c14-10-1-2-12(15)9(5-10)8-18-13(19)6-11(7-17-18)20-4-3-16/h1-2,5-7H,3-4,8,16H2. The van der Waals surface area contributed by atoms with Gasteiger partial charge >= 0.3 is 0 Å². The van der Waals surface area contributed by atoms with Gasteiger partial charge in [0, 0.05) is 22.7 Å². The zero-order valence-corrected chi connectivity index (χ0v) is 12.1. The maximum absolute atomic E-state index is 11.9. The molecule has 0 saturated carbocycles. The van der Waals surface area contributed by atoms with Crippen molar-refractivity contribution in [3.8, 4) is 5.75 Å². The first-order valence-electron chi connectivity index (χ1n) is 5.94. The third-order valence-electron chi connectivity index (χ3n) is 2.56. The lowest BCUT2D eigenvalue weighted by atomic mass is 10.2. The van der Waals surface area contributed by atoms with Crippen molar-refractivity contribution in [1.82, 2.24) is 9.78 Å². The summed E-state index contributed by atoms with van der Waals surface area (Å²) >= 11 is 12.0. The summed E-state index contributed by atoms with van der Waals surface area (Å²) in [5, 5.41) is 5.12. The van der Waals surface area contributed by atoms with Gasteiger partial charge in [-0.1, -0.05) is 23.2 Å². The number of ether oxygens (including phenoxy) is 1. The van der Waals surface area contributed by atoms with Crippen LogP contribution in [0.4, 0.5) is 0 Å². The van der Waals surface area contributed by atoms with Crippen LogP contribution in [0.5, 0.6) is 5.75 Å². The van der Waals surface area contributed by atoms with E-state index in [0.717, 1.165) is 5.56 Å². The molecule has 0 atom stereocenters. The molecule has 0 unspecified atom stereocenters. The molecule has 106 valence electrons. The third-order valence-corrected chi connectivity index (χ3v) is 3.16. The molecule has 7 heteroatoms. The Bertz CT molecular complexity index is 658. The smallest absolute Gasteiger partial charge is 0.270 e. The summed E-state index contributed by atoms with van der Waals surface area (Å²) < 4.78 is 6.52. The lowest BCUT2D eigenvalue weighted by molar-refractivity contribution is 0.324. The molecule has 1 aromatic heterocycles. The highest BCUT2D eigenvalue weighted by Gasteiger charge is 2.06. The number of aromatic nitrogens is 2. The number of hydrogen-bond donors (Lipinski definition) is 1. The summed E-state index contributed by atoms with van der Waals surface area (Å²) in [7, 11) is 0. The number of halogens is 2. The van der Waals surface area contributed by atoms with E-state index in [0.29, 0.717) is 28.9 Å². The van der Waals surface area contributed by atoms with E-state index < -0.39 is 0 Å². The zero-order valence-electron chi connectivity index (χ0n) is 10.6. The van der Waals surface area contributed by atoms with E-state index in [2.05, 4.69) is 5.10 Å². The summed E-state index contributed by atoms with van der Waals surface area (Å²) in [4.78, 5) is 11.9. The molecule has 0 saturated heterocycles. The Hall–Kier alpha value is -1.56. The van der Waals surface area contributed by atoms with Gasteiger partial charge < -0.3 is 10.5 Å². The Morgan fingerprint density at radius 3 is 2.80 bits per heavy atom. The molecule has 0 radical (unpaired) electrons. The molecule has 0 spiro atoms. The Kier molecular flexibility index (Phi) is 5.00. The molecule has 20 heavy (non-hydrogen) atoms. The van der Waals surface area contributed by atoms with Crippen molar-refractivity contribution in [3.63, 3.8) is 0 Å². The quantitative estimate of drug-likeness (QED) is 0.915. The zero-order chi connectivity index (χ0) is 14.5. The summed E-state index contributed by atoms with van der Waals surface area (Å²) in [5.41, 5.74) is 5.77. The molecule has 1 aromatic carbocycles. The molecule has 0 bridgehead atoms. The van der Waals surface area contributed by atoms with Gasteiger partial charge in [0.25, 0.3) is 5.56 Å². The molecular weight excluding hydrogens is 301 g/mol. The van der Waals surface area contributed by atoms with E-state index in [-0.39, 0.29) is 12.1 Å². The highest BCUT2D eigenvalue weighted by molar-refractivity contribution is 6.33. The van der Waals surface area contributed by atoms with Gasteiger partial charge in [-0.2, -0.15) is 5.10 Å². The van der Waals surface area contributed by atoms with Gasteiger partial charge in [0.15, 0.2) is 0 Å². The maximum atomic E-state index is 11.9.